The van der Waals surface area contributed by atoms with Crippen molar-refractivity contribution in [2.24, 2.45) is 0 Å². The fourth-order valence-electron chi connectivity index (χ4n) is 4.03. The van der Waals surface area contributed by atoms with Crippen LogP contribution in [0.1, 0.15) is 25.7 Å². The molecule has 1 saturated carbocycles. The van der Waals surface area contributed by atoms with Crippen molar-refractivity contribution in [1.29, 1.82) is 0 Å². The van der Waals surface area contributed by atoms with E-state index in [2.05, 4.69) is 20.0 Å². The molecule has 2 N–H and O–H groups in total. The van der Waals surface area contributed by atoms with Crippen LogP contribution >= 0.6 is 0 Å². The third kappa shape index (κ3) is 5.05. The van der Waals surface area contributed by atoms with Crippen molar-refractivity contribution in [1.82, 2.24) is 19.3 Å². The van der Waals surface area contributed by atoms with Gasteiger partial charge in [0.2, 0.25) is 16.0 Å². The summed E-state index contributed by atoms with van der Waals surface area (Å²) in [6, 6.07) is 9.14. The van der Waals surface area contributed by atoms with E-state index in [9.17, 15) is 16.8 Å². The Morgan fingerprint density at radius 1 is 0.968 bits per heavy atom. The molecule has 1 aromatic carbocycles. The number of fused-ring (bicyclic) bond motifs is 1. The molecule has 0 radical (unpaired) electrons. The Morgan fingerprint density at radius 3 is 2.32 bits per heavy atom. The zero-order chi connectivity index (χ0) is 22.2. The van der Waals surface area contributed by atoms with Crippen molar-refractivity contribution in [2.75, 3.05) is 17.8 Å². The lowest BCUT2D eigenvalue weighted by Gasteiger charge is -2.29. The zero-order valence-electron chi connectivity index (χ0n) is 17.3. The second kappa shape index (κ2) is 8.21. The number of aromatic nitrogens is 3. The molecule has 0 saturated heterocycles. The van der Waals surface area contributed by atoms with Crippen molar-refractivity contribution in [3.8, 4) is 5.82 Å². The molecular formula is C20H25N5O4S2. The Bertz CT molecular complexity index is 1310. The summed E-state index contributed by atoms with van der Waals surface area (Å²) in [7, 11) is -6.60. The van der Waals surface area contributed by atoms with E-state index in [4.69, 9.17) is 0 Å². The highest BCUT2D eigenvalue weighted by molar-refractivity contribution is 7.91. The van der Waals surface area contributed by atoms with Crippen molar-refractivity contribution in [3.05, 3.63) is 42.7 Å². The summed E-state index contributed by atoms with van der Waals surface area (Å²) in [5, 5.41) is 3.98. The molecule has 0 aliphatic heterocycles. The lowest BCUT2D eigenvalue weighted by atomic mass is 9.92. The lowest BCUT2D eigenvalue weighted by molar-refractivity contribution is 0.387. The molecule has 3 aromatic rings. The van der Waals surface area contributed by atoms with E-state index < -0.39 is 19.9 Å². The third-order valence-corrected chi connectivity index (χ3v) is 7.29. The first kappa shape index (κ1) is 21.7. The monoisotopic (exact) mass is 463 g/mol. The minimum Gasteiger partial charge on any atom is -0.351 e. The van der Waals surface area contributed by atoms with Crippen LogP contribution in [0, 0.1) is 0 Å². The molecule has 4 rings (SSSR count). The predicted molar refractivity (Wildman–Crippen MR) is 120 cm³/mol. The Kier molecular flexibility index (Phi) is 5.75. The first-order valence-corrected chi connectivity index (χ1v) is 13.8. The highest BCUT2D eigenvalue weighted by atomic mass is 32.2. The normalized spacial score (nSPS) is 20.1. The molecule has 0 spiro atoms. The molecule has 1 aliphatic rings. The lowest BCUT2D eigenvalue weighted by Crippen LogP contribution is -2.39. The van der Waals surface area contributed by atoms with E-state index in [0.717, 1.165) is 31.2 Å². The maximum absolute atomic E-state index is 12.2. The van der Waals surface area contributed by atoms with E-state index in [1.807, 2.05) is 18.2 Å². The number of nitrogens with one attached hydrogen (secondary N) is 2. The topological polar surface area (TPSA) is 123 Å². The molecule has 0 atom stereocenters. The maximum atomic E-state index is 12.2. The number of hydrogen-bond donors (Lipinski definition) is 2. The van der Waals surface area contributed by atoms with Crippen LogP contribution in [0.4, 0.5) is 5.95 Å². The summed E-state index contributed by atoms with van der Waals surface area (Å²) in [5.74, 6) is 1.02. The van der Waals surface area contributed by atoms with Gasteiger partial charge in [0.15, 0.2) is 9.84 Å². The number of sulfone groups is 1. The number of para-hydroxylation sites is 1. The number of sulfonamides is 1. The predicted octanol–water partition coefficient (Wildman–Crippen LogP) is 2.10. The van der Waals surface area contributed by atoms with Crippen LogP contribution in [0.15, 0.2) is 47.6 Å². The van der Waals surface area contributed by atoms with Gasteiger partial charge in [-0.05, 0) is 37.8 Å². The largest absolute Gasteiger partial charge is 0.351 e. The first-order chi connectivity index (χ1) is 14.6. The number of rotatable bonds is 6. The Hall–Kier alpha value is -2.50. The van der Waals surface area contributed by atoms with Gasteiger partial charge in [-0.2, -0.15) is 4.98 Å². The number of benzene rings is 1. The third-order valence-electron chi connectivity index (χ3n) is 5.40. The average Bonchev–Trinajstić information content (AvgIpc) is 3.09. The Morgan fingerprint density at radius 2 is 1.65 bits per heavy atom. The Balaban J connectivity index is 1.55. The second-order valence-electron chi connectivity index (χ2n) is 7.97. The molecule has 0 amide bonds. The van der Waals surface area contributed by atoms with Crippen molar-refractivity contribution >= 4 is 36.7 Å². The van der Waals surface area contributed by atoms with Gasteiger partial charge in [-0.3, -0.25) is 4.57 Å². The minimum atomic E-state index is -3.40. The molecule has 0 unspecified atom stereocenters. The fourth-order valence-corrected chi connectivity index (χ4v) is 5.74. The molecule has 2 heterocycles. The van der Waals surface area contributed by atoms with Crippen molar-refractivity contribution in [2.45, 2.75) is 42.7 Å². The van der Waals surface area contributed by atoms with Crippen LogP contribution in [0.5, 0.6) is 0 Å². The van der Waals surface area contributed by atoms with Crippen LogP contribution in [-0.4, -0.2) is 56.0 Å². The van der Waals surface area contributed by atoms with E-state index in [1.165, 1.54) is 12.5 Å². The molecule has 1 aliphatic carbocycles. The standard InChI is InChI=1S/C20H25N5O4S2/c1-30(26,27)18-13-25(17-6-4-3-5-16(17)18)19-11-12-21-20(23-19)22-14-7-9-15(10-8-14)24-31(2,28)29/h3-6,11-15,24H,7-10H2,1-2H3,(H,21,22,23). The van der Waals surface area contributed by atoms with Crippen LogP contribution in [-0.2, 0) is 19.9 Å². The first-order valence-electron chi connectivity index (χ1n) is 9.97. The van der Waals surface area contributed by atoms with Gasteiger partial charge in [-0.25, -0.2) is 26.5 Å². The minimum absolute atomic E-state index is 0.0408. The second-order valence-corrected chi connectivity index (χ2v) is 11.7. The van der Waals surface area contributed by atoms with Crippen LogP contribution in [0.3, 0.4) is 0 Å². The number of hydrogen-bond acceptors (Lipinski definition) is 7. The smallest absolute Gasteiger partial charge is 0.224 e. The van der Waals surface area contributed by atoms with Gasteiger partial charge in [-0.15, -0.1) is 0 Å². The molecule has 166 valence electrons. The SMILES string of the molecule is CS(=O)(=O)NC1CCC(Nc2nccc(-n3cc(S(C)(=O)=O)c4ccccc43)n2)CC1. The molecule has 0 bridgehead atoms. The summed E-state index contributed by atoms with van der Waals surface area (Å²) in [6.07, 6.45) is 8.67. The van der Waals surface area contributed by atoms with Gasteiger partial charge in [-0.1, -0.05) is 18.2 Å². The van der Waals surface area contributed by atoms with Gasteiger partial charge in [0.05, 0.1) is 16.7 Å². The van der Waals surface area contributed by atoms with E-state index in [-0.39, 0.29) is 17.0 Å². The molecular weight excluding hydrogens is 438 g/mol. The summed E-state index contributed by atoms with van der Waals surface area (Å²) in [5.41, 5.74) is 0.750. The maximum Gasteiger partial charge on any atom is 0.224 e. The van der Waals surface area contributed by atoms with Gasteiger partial charge >= 0.3 is 0 Å². The highest BCUT2D eigenvalue weighted by Gasteiger charge is 2.24. The summed E-state index contributed by atoms with van der Waals surface area (Å²) < 4.78 is 51.7. The average molecular weight is 464 g/mol. The highest BCUT2D eigenvalue weighted by Crippen LogP contribution is 2.28. The van der Waals surface area contributed by atoms with Gasteiger partial charge < -0.3 is 5.32 Å². The van der Waals surface area contributed by atoms with Gasteiger partial charge in [0.25, 0.3) is 0 Å². The number of nitrogens with zero attached hydrogens (tertiary/aromatic N) is 3. The van der Waals surface area contributed by atoms with Gasteiger partial charge in [0, 0.05) is 36.1 Å². The van der Waals surface area contributed by atoms with E-state index >= 15 is 0 Å². The van der Waals surface area contributed by atoms with Crippen LogP contribution < -0.4 is 10.0 Å². The fraction of sp³-hybridized carbons (Fsp3) is 0.400. The van der Waals surface area contributed by atoms with Crippen LogP contribution in [0.2, 0.25) is 0 Å². The van der Waals surface area contributed by atoms with Crippen LogP contribution in [0.25, 0.3) is 16.7 Å². The van der Waals surface area contributed by atoms with E-state index in [1.54, 1.807) is 29.1 Å². The van der Waals surface area contributed by atoms with Crippen molar-refractivity contribution in [3.63, 3.8) is 0 Å². The van der Waals surface area contributed by atoms with Gasteiger partial charge in [0.1, 0.15) is 5.82 Å². The molecule has 11 heteroatoms. The zero-order valence-corrected chi connectivity index (χ0v) is 18.9. The quantitative estimate of drug-likeness (QED) is 0.574. The summed E-state index contributed by atoms with van der Waals surface area (Å²) >= 11 is 0. The summed E-state index contributed by atoms with van der Waals surface area (Å²) in [4.78, 5) is 9.16. The molecule has 2 aromatic heterocycles. The molecule has 9 nitrogen and oxygen atoms in total. The summed E-state index contributed by atoms with van der Waals surface area (Å²) in [6.45, 7) is 0. The van der Waals surface area contributed by atoms with E-state index in [0.29, 0.717) is 17.2 Å². The van der Waals surface area contributed by atoms with Crippen molar-refractivity contribution < 1.29 is 16.8 Å². The molecule has 31 heavy (non-hydrogen) atoms. The molecule has 1 fully saturated rings. The number of anilines is 1. The Labute approximate surface area is 181 Å².